The maximum atomic E-state index is 11.0. The van der Waals surface area contributed by atoms with Gasteiger partial charge in [0.25, 0.3) is 0 Å². The van der Waals surface area contributed by atoms with E-state index >= 15 is 0 Å². The molecule has 0 N–H and O–H groups in total. The second-order valence-corrected chi connectivity index (χ2v) is 3.08. The van der Waals surface area contributed by atoms with Crippen LogP contribution in [-0.4, -0.2) is 17.6 Å². The summed E-state index contributed by atoms with van der Waals surface area (Å²) in [7, 11) is 0. The Morgan fingerprint density at radius 1 is 1.57 bits per heavy atom. The van der Waals surface area contributed by atoms with E-state index in [0.717, 1.165) is 18.4 Å². The lowest BCUT2D eigenvalue weighted by atomic mass is 10.2. The van der Waals surface area contributed by atoms with Crippen LogP contribution in [0.3, 0.4) is 0 Å². The number of aromatic nitrogens is 1. The van der Waals surface area contributed by atoms with Gasteiger partial charge in [0, 0.05) is 25.2 Å². The Kier molecular flexibility index (Phi) is 4.69. The lowest BCUT2D eigenvalue weighted by molar-refractivity contribution is -0.143. The van der Waals surface area contributed by atoms with E-state index in [9.17, 15) is 4.79 Å². The molecule has 0 saturated carbocycles. The summed E-state index contributed by atoms with van der Waals surface area (Å²) < 4.78 is 5.02. The summed E-state index contributed by atoms with van der Waals surface area (Å²) in [5.41, 5.74) is 1.09. The molecule has 0 atom stereocenters. The second kappa shape index (κ2) is 6.13. The van der Waals surface area contributed by atoms with Gasteiger partial charge in [-0.3, -0.25) is 9.78 Å². The summed E-state index contributed by atoms with van der Waals surface area (Å²) in [5.74, 6) is -0.114. The minimum atomic E-state index is -0.114. The van der Waals surface area contributed by atoms with Gasteiger partial charge in [0.1, 0.15) is 0 Å². The van der Waals surface area contributed by atoms with Crippen molar-refractivity contribution in [3.05, 3.63) is 30.1 Å². The van der Waals surface area contributed by atoms with Crippen LogP contribution in [0, 0.1) is 0 Å². The van der Waals surface area contributed by atoms with Crippen molar-refractivity contribution >= 4 is 5.97 Å². The maximum Gasteiger partial charge on any atom is 0.305 e. The van der Waals surface area contributed by atoms with Gasteiger partial charge in [0.05, 0.1) is 6.61 Å². The zero-order valence-electron chi connectivity index (χ0n) is 8.40. The molecule has 0 aliphatic carbocycles. The number of rotatable bonds is 5. The van der Waals surface area contributed by atoms with Crippen molar-refractivity contribution in [3.8, 4) is 0 Å². The van der Waals surface area contributed by atoms with E-state index in [1.54, 1.807) is 12.4 Å². The number of esters is 1. The molecule has 0 aromatic carbocycles. The highest BCUT2D eigenvalue weighted by molar-refractivity contribution is 5.69. The Balaban J connectivity index is 2.19. The second-order valence-electron chi connectivity index (χ2n) is 3.08. The van der Waals surface area contributed by atoms with Gasteiger partial charge in [0.15, 0.2) is 0 Å². The summed E-state index contributed by atoms with van der Waals surface area (Å²) in [5, 5.41) is 0. The quantitative estimate of drug-likeness (QED) is 0.671. The van der Waals surface area contributed by atoms with Crippen LogP contribution in [0.2, 0.25) is 0 Å². The predicted octanol–water partition coefficient (Wildman–Crippen LogP) is 1.97. The fourth-order valence-electron chi connectivity index (χ4n) is 1.11. The Labute approximate surface area is 84.1 Å². The molecule has 0 aliphatic heterocycles. The van der Waals surface area contributed by atoms with Gasteiger partial charge < -0.3 is 4.74 Å². The summed E-state index contributed by atoms with van der Waals surface area (Å²) in [6, 6.07) is 3.85. The van der Waals surface area contributed by atoms with Crippen LogP contribution in [-0.2, 0) is 16.0 Å². The topological polar surface area (TPSA) is 39.2 Å². The van der Waals surface area contributed by atoms with E-state index in [-0.39, 0.29) is 5.97 Å². The third kappa shape index (κ3) is 4.03. The van der Waals surface area contributed by atoms with Crippen molar-refractivity contribution in [1.29, 1.82) is 0 Å². The Morgan fingerprint density at radius 3 is 3.07 bits per heavy atom. The van der Waals surface area contributed by atoms with Gasteiger partial charge in [0.2, 0.25) is 0 Å². The number of carbonyl (C=O) groups is 1. The van der Waals surface area contributed by atoms with Crippen LogP contribution in [0.5, 0.6) is 0 Å². The van der Waals surface area contributed by atoms with Crippen LogP contribution in [0.25, 0.3) is 0 Å². The average Bonchev–Trinajstić information content (AvgIpc) is 2.20. The Bertz CT molecular complexity index is 272. The number of ether oxygens (including phenoxy) is 1. The van der Waals surface area contributed by atoms with Crippen molar-refractivity contribution in [1.82, 2.24) is 4.98 Å². The molecule has 0 saturated heterocycles. The zero-order valence-corrected chi connectivity index (χ0v) is 8.40. The average molecular weight is 193 g/mol. The number of carbonyl (C=O) groups excluding carboxylic acids is 1. The molecule has 1 aromatic rings. The summed E-state index contributed by atoms with van der Waals surface area (Å²) >= 11 is 0. The SMILES string of the molecule is CCCC(=O)OCCc1cccnc1. The highest BCUT2D eigenvalue weighted by Crippen LogP contribution is 1.98. The molecule has 0 unspecified atom stereocenters. The van der Waals surface area contributed by atoms with Crippen molar-refractivity contribution < 1.29 is 9.53 Å². The molecule has 3 heteroatoms. The van der Waals surface area contributed by atoms with Crippen LogP contribution >= 0.6 is 0 Å². The van der Waals surface area contributed by atoms with Gasteiger partial charge in [-0.25, -0.2) is 0 Å². The molecule has 0 amide bonds. The van der Waals surface area contributed by atoms with Crippen LogP contribution in [0.1, 0.15) is 25.3 Å². The fraction of sp³-hybridized carbons (Fsp3) is 0.455. The van der Waals surface area contributed by atoms with Gasteiger partial charge in [-0.15, -0.1) is 0 Å². The molecule has 1 aromatic heterocycles. The molecule has 1 heterocycles. The smallest absolute Gasteiger partial charge is 0.305 e. The first-order valence-corrected chi connectivity index (χ1v) is 4.87. The first-order chi connectivity index (χ1) is 6.83. The number of pyridine rings is 1. The fourth-order valence-corrected chi connectivity index (χ4v) is 1.11. The first kappa shape index (κ1) is 10.7. The number of hydrogen-bond acceptors (Lipinski definition) is 3. The lowest BCUT2D eigenvalue weighted by Crippen LogP contribution is -2.06. The summed E-state index contributed by atoms with van der Waals surface area (Å²) in [6.07, 6.45) is 5.60. The molecule has 1 rings (SSSR count). The largest absolute Gasteiger partial charge is 0.465 e. The van der Waals surface area contributed by atoms with E-state index in [1.165, 1.54) is 0 Å². The van der Waals surface area contributed by atoms with Crippen LogP contribution in [0.4, 0.5) is 0 Å². The molecule has 0 radical (unpaired) electrons. The minimum Gasteiger partial charge on any atom is -0.465 e. The summed E-state index contributed by atoms with van der Waals surface area (Å²) in [6.45, 7) is 2.41. The van der Waals surface area contributed by atoms with E-state index in [2.05, 4.69) is 4.98 Å². The highest BCUT2D eigenvalue weighted by Gasteiger charge is 2.00. The third-order valence-corrected chi connectivity index (χ3v) is 1.83. The molecule has 3 nitrogen and oxygen atoms in total. The van der Waals surface area contributed by atoms with E-state index < -0.39 is 0 Å². The third-order valence-electron chi connectivity index (χ3n) is 1.83. The first-order valence-electron chi connectivity index (χ1n) is 4.87. The molecule has 0 fully saturated rings. The lowest BCUT2D eigenvalue weighted by Gasteiger charge is -2.03. The minimum absolute atomic E-state index is 0.114. The Morgan fingerprint density at radius 2 is 2.43 bits per heavy atom. The summed E-state index contributed by atoms with van der Waals surface area (Å²) in [4.78, 5) is 15.0. The predicted molar refractivity (Wildman–Crippen MR) is 53.8 cm³/mol. The van der Waals surface area contributed by atoms with Gasteiger partial charge in [-0.2, -0.15) is 0 Å². The number of hydrogen-bond donors (Lipinski definition) is 0. The van der Waals surface area contributed by atoms with Gasteiger partial charge in [-0.05, 0) is 18.1 Å². The molecule has 0 bridgehead atoms. The maximum absolute atomic E-state index is 11.0. The van der Waals surface area contributed by atoms with Crippen molar-refractivity contribution in [2.75, 3.05) is 6.61 Å². The highest BCUT2D eigenvalue weighted by atomic mass is 16.5. The molecule has 0 spiro atoms. The molecule has 76 valence electrons. The monoisotopic (exact) mass is 193 g/mol. The van der Waals surface area contributed by atoms with E-state index in [4.69, 9.17) is 4.74 Å². The van der Waals surface area contributed by atoms with Gasteiger partial charge in [-0.1, -0.05) is 13.0 Å². The van der Waals surface area contributed by atoms with E-state index in [1.807, 2.05) is 19.1 Å². The van der Waals surface area contributed by atoms with E-state index in [0.29, 0.717) is 13.0 Å². The number of nitrogens with zero attached hydrogens (tertiary/aromatic N) is 1. The molecule has 0 aliphatic rings. The molecular formula is C11H15NO2. The van der Waals surface area contributed by atoms with Crippen LogP contribution < -0.4 is 0 Å². The van der Waals surface area contributed by atoms with Crippen LogP contribution in [0.15, 0.2) is 24.5 Å². The van der Waals surface area contributed by atoms with Crippen molar-refractivity contribution in [2.45, 2.75) is 26.2 Å². The van der Waals surface area contributed by atoms with Crippen molar-refractivity contribution in [2.24, 2.45) is 0 Å². The standard InChI is InChI=1S/C11H15NO2/c1-2-4-11(13)14-8-6-10-5-3-7-12-9-10/h3,5,7,9H,2,4,6,8H2,1H3. The zero-order chi connectivity index (χ0) is 10.2. The van der Waals surface area contributed by atoms with Gasteiger partial charge >= 0.3 is 5.97 Å². The normalized spacial score (nSPS) is 9.79. The molecular weight excluding hydrogens is 178 g/mol. The Hall–Kier alpha value is -1.38. The molecule has 14 heavy (non-hydrogen) atoms. The van der Waals surface area contributed by atoms with Crippen molar-refractivity contribution in [3.63, 3.8) is 0 Å².